The van der Waals surface area contributed by atoms with E-state index in [0.29, 0.717) is 12.2 Å². The number of hydrogen-bond donors (Lipinski definition) is 0. The number of carbonyl (C=O) groups excluding carboxylic acids is 1. The molecule has 0 spiro atoms. The van der Waals surface area contributed by atoms with Gasteiger partial charge in [-0.15, -0.1) is 0 Å². The van der Waals surface area contributed by atoms with Crippen molar-refractivity contribution in [3.8, 4) is 5.75 Å². The van der Waals surface area contributed by atoms with Crippen molar-refractivity contribution >= 4 is 11.9 Å². The maximum Gasteiger partial charge on any atom is 0.189 e. The zero-order valence-electron chi connectivity index (χ0n) is 12.4. The maximum atomic E-state index is 12.0. The molecule has 5 heteroatoms. The predicted molar refractivity (Wildman–Crippen MR) is 80.3 cm³/mol. The molecule has 1 heterocycles. The Labute approximate surface area is 123 Å². The lowest BCUT2D eigenvalue weighted by Gasteiger charge is -2.08. The number of benzene rings is 1. The Morgan fingerprint density at radius 2 is 2.19 bits per heavy atom. The monoisotopic (exact) mass is 286 g/mol. The highest BCUT2D eigenvalue weighted by Gasteiger charge is 2.05. The molecular formula is C16H18N2O3. The van der Waals surface area contributed by atoms with Gasteiger partial charge in [-0.2, -0.15) is 5.10 Å². The Kier molecular flexibility index (Phi) is 4.90. The van der Waals surface area contributed by atoms with E-state index < -0.39 is 0 Å². The Hall–Kier alpha value is -2.40. The van der Waals surface area contributed by atoms with Crippen LogP contribution in [-0.2, 0) is 18.4 Å². The van der Waals surface area contributed by atoms with Gasteiger partial charge in [0.15, 0.2) is 5.78 Å². The minimum atomic E-state index is -0.0767. The van der Waals surface area contributed by atoms with Crippen LogP contribution in [0, 0.1) is 0 Å². The lowest BCUT2D eigenvalue weighted by Crippen LogP contribution is -1.95. The van der Waals surface area contributed by atoms with Gasteiger partial charge >= 0.3 is 0 Å². The molecule has 0 aliphatic rings. The highest BCUT2D eigenvalue weighted by atomic mass is 16.5. The summed E-state index contributed by atoms with van der Waals surface area (Å²) in [4.78, 5) is 12.0. The summed E-state index contributed by atoms with van der Waals surface area (Å²) in [6, 6.07) is 5.70. The Morgan fingerprint density at radius 3 is 2.81 bits per heavy atom. The first-order chi connectivity index (χ1) is 10.1. The fraction of sp³-hybridized carbons (Fsp3) is 0.250. The number of aryl methyl sites for hydroxylation is 1. The molecule has 1 aromatic carbocycles. The van der Waals surface area contributed by atoms with Gasteiger partial charge in [-0.05, 0) is 23.8 Å². The summed E-state index contributed by atoms with van der Waals surface area (Å²) < 4.78 is 12.0. The molecule has 0 atom stereocenters. The second-order valence-corrected chi connectivity index (χ2v) is 4.60. The van der Waals surface area contributed by atoms with Crippen molar-refractivity contribution in [2.75, 3.05) is 14.2 Å². The number of aromatic nitrogens is 2. The van der Waals surface area contributed by atoms with E-state index in [1.165, 1.54) is 6.08 Å². The molecule has 5 nitrogen and oxygen atoms in total. The third kappa shape index (κ3) is 3.79. The van der Waals surface area contributed by atoms with Crippen molar-refractivity contribution in [1.82, 2.24) is 9.78 Å². The van der Waals surface area contributed by atoms with Crippen molar-refractivity contribution in [2.45, 2.75) is 6.61 Å². The number of rotatable bonds is 6. The van der Waals surface area contributed by atoms with Crippen molar-refractivity contribution in [2.24, 2.45) is 7.05 Å². The summed E-state index contributed by atoms with van der Waals surface area (Å²) in [5.41, 5.74) is 2.43. The molecule has 0 radical (unpaired) electrons. The summed E-state index contributed by atoms with van der Waals surface area (Å²) in [7, 11) is 5.03. The van der Waals surface area contributed by atoms with Crippen LogP contribution in [0.25, 0.3) is 6.08 Å². The standard InChI is InChI=1S/C16H18N2O3/c1-18-10-14(9-17-18)15(19)6-4-12-5-7-16(21-3)13(8-12)11-20-2/h4-10H,11H2,1-3H3/b6-4+. The zero-order chi connectivity index (χ0) is 15.2. The fourth-order valence-corrected chi connectivity index (χ4v) is 1.99. The first-order valence-corrected chi connectivity index (χ1v) is 6.51. The van der Waals surface area contributed by atoms with E-state index in [1.54, 1.807) is 44.4 Å². The van der Waals surface area contributed by atoms with Crippen molar-refractivity contribution in [1.29, 1.82) is 0 Å². The third-order valence-corrected chi connectivity index (χ3v) is 3.02. The van der Waals surface area contributed by atoms with Crippen LogP contribution in [0.3, 0.4) is 0 Å². The molecule has 110 valence electrons. The average molecular weight is 286 g/mol. The number of allylic oxidation sites excluding steroid dienone is 1. The minimum absolute atomic E-state index is 0.0767. The molecule has 0 bridgehead atoms. The van der Waals surface area contributed by atoms with Gasteiger partial charge in [0.05, 0.1) is 25.5 Å². The van der Waals surface area contributed by atoms with Gasteiger partial charge in [0, 0.05) is 25.9 Å². The molecular weight excluding hydrogens is 268 g/mol. The predicted octanol–water partition coefficient (Wildman–Crippen LogP) is 2.47. The van der Waals surface area contributed by atoms with Crippen LogP contribution in [-0.4, -0.2) is 29.8 Å². The number of ether oxygens (including phenoxy) is 2. The molecule has 0 saturated carbocycles. The van der Waals surface area contributed by atoms with Crippen LogP contribution < -0.4 is 4.74 Å². The summed E-state index contributed by atoms with van der Waals surface area (Å²) in [6.45, 7) is 0.460. The molecule has 2 rings (SSSR count). The topological polar surface area (TPSA) is 53.3 Å². The molecule has 0 aliphatic heterocycles. The van der Waals surface area contributed by atoms with Gasteiger partial charge in [-0.3, -0.25) is 9.48 Å². The summed E-state index contributed by atoms with van der Waals surface area (Å²) >= 11 is 0. The number of carbonyl (C=O) groups is 1. The third-order valence-electron chi connectivity index (χ3n) is 3.02. The molecule has 0 amide bonds. The van der Waals surface area contributed by atoms with Gasteiger partial charge in [-0.25, -0.2) is 0 Å². The van der Waals surface area contributed by atoms with Crippen LogP contribution in [0.2, 0.25) is 0 Å². The summed E-state index contributed by atoms with van der Waals surface area (Å²) in [5.74, 6) is 0.694. The second kappa shape index (κ2) is 6.85. The first-order valence-electron chi connectivity index (χ1n) is 6.51. The Bertz CT molecular complexity index is 659. The number of nitrogens with zero attached hydrogens (tertiary/aromatic N) is 2. The summed E-state index contributed by atoms with van der Waals surface area (Å²) in [6.07, 6.45) is 6.55. The maximum absolute atomic E-state index is 12.0. The number of hydrogen-bond acceptors (Lipinski definition) is 4. The first kappa shape index (κ1) is 15.0. The van der Waals surface area contributed by atoms with E-state index >= 15 is 0 Å². The van der Waals surface area contributed by atoms with Crippen molar-refractivity contribution in [3.63, 3.8) is 0 Å². The van der Waals surface area contributed by atoms with E-state index in [9.17, 15) is 4.79 Å². The van der Waals surface area contributed by atoms with Crippen LogP contribution in [0.1, 0.15) is 21.5 Å². The van der Waals surface area contributed by atoms with Crippen LogP contribution >= 0.6 is 0 Å². The van der Waals surface area contributed by atoms with Gasteiger partial charge in [0.2, 0.25) is 0 Å². The van der Waals surface area contributed by atoms with Crippen LogP contribution in [0.4, 0.5) is 0 Å². The molecule has 0 aliphatic carbocycles. The van der Waals surface area contributed by atoms with Crippen molar-refractivity contribution in [3.05, 3.63) is 53.4 Å². The average Bonchev–Trinajstić information content (AvgIpc) is 2.92. The SMILES string of the molecule is COCc1cc(/C=C/C(=O)c2cnn(C)c2)ccc1OC. The molecule has 0 unspecified atom stereocenters. The molecule has 21 heavy (non-hydrogen) atoms. The van der Waals surface area contributed by atoms with E-state index in [-0.39, 0.29) is 5.78 Å². The lowest BCUT2D eigenvalue weighted by atomic mass is 10.1. The van der Waals surface area contributed by atoms with Gasteiger partial charge in [0.1, 0.15) is 5.75 Å². The molecule has 0 fully saturated rings. The zero-order valence-corrected chi connectivity index (χ0v) is 12.4. The quantitative estimate of drug-likeness (QED) is 0.604. The fourth-order valence-electron chi connectivity index (χ4n) is 1.99. The van der Waals surface area contributed by atoms with E-state index in [2.05, 4.69) is 5.10 Å². The van der Waals surface area contributed by atoms with Gasteiger partial charge in [-0.1, -0.05) is 12.1 Å². The molecule has 2 aromatic rings. The largest absolute Gasteiger partial charge is 0.496 e. The van der Waals surface area contributed by atoms with E-state index in [4.69, 9.17) is 9.47 Å². The van der Waals surface area contributed by atoms with E-state index in [0.717, 1.165) is 16.9 Å². The van der Waals surface area contributed by atoms with Gasteiger partial charge in [0.25, 0.3) is 0 Å². The molecule has 0 saturated heterocycles. The number of ketones is 1. The molecule has 0 N–H and O–H groups in total. The van der Waals surface area contributed by atoms with Crippen LogP contribution in [0.15, 0.2) is 36.7 Å². The molecule has 1 aromatic heterocycles. The van der Waals surface area contributed by atoms with Gasteiger partial charge < -0.3 is 9.47 Å². The minimum Gasteiger partial charge on any atom is -0.496 e. The van der Waals surface area contributed by atoms with E-state index in [1.807, 2.05) is 18.2 Å². The van der Waals surface area contributed by atoms with Crippen molar-refractivity contribution < 1.29 is 14.3 Å². The van der Waals surface area contributed by atoms with Crippen LogP contribution in [0.5, 0.6) is 5.75 Å². The number of methoxy groups -OCH3 is 2. The second-order valence-electron chi connectivity index (χ2n) is 4.60. The Morgan fingerprint density at radius 1 is 1.38 bits per heavy atom. The smallest absolute Gasteiger partial charge is 0.189 e. The Balaban J connectivity index is 2.17. The highest BCUT2D eigenvalue weighted by Crippen LogP contribution is 2.21. The summed E-state index contributed by atoms with van der Waals surface area (Å²) in [5, 5.41) is 3.98. The lowest BCUT2D eigenvalue weighted by molar-refractivity contribution is 0.104. The highest BCUT2D eigenvalue weighted by molar-refractivity contribution is 6.06. The normalized spacial score (nSPS) is 11.0.